The third-order valence-corrected chi connectivity index (χ3v) is 3.17. The quantitative estimate of drug-likeness (QED) is 0.830. The van der Waals surface area contributed by atoms with Crippen molar-refractivity contribution in [3.8, 4) is 5.69 Å². The Labute approximate surface area is 129 Å². The molecule has 1 aromatic heterocycles. The van der Waals surface area contributed by atoms with Gasteiger partial charge in [-0.2, -0.15) is 13.2 Å². The molecule has 0 amide bonds. The Morgan fingerprint density at radius 2 is 1.77 bits per heavy atom. The number of hydrogen-bond donors (Lipinski definition) is 1. The van der Waals surface area contributed by atoms with Crippen LogP contribution >= 0.6 is 0 Å². The monoisotopic (exact) mass is 336 g/mol. The van der Waals surface area contributed by atoms with Crippen molar-refractivity contribution in [2.75, 3.05) is 0 Å². The highest BCUT2D eigenvalue weighted by molar-refractivity contribution is 5.89. The molecule has 120 valence electrons. The summed E-state index contributed by atoms with van der Waals surface area (Å²) in [5, 5.41) is 9.03. The lowest BCUT2D eigenvalue weighted by molar-refractivity contribution is -0.137. The van der Waals surface area contributed by atoms with Gasteiger partial charge in [0.25, 0.3) is 0 Å². The average molecular weight is 337 g/mol. The average Bonchev–Trinajstić information content (AvgIpc) is 2.64. The largest absolute Gasteiger partial charge is 1.00 e. The van der Waals surface area contributed by atoms with Gasteiger partial charge in [0.15, 0.2) is 0 Å². The van der Waals surface area contributed by atoms with Crippen molar-refractivity contribution in [2.24, 2.45) is 0 Å². The number of nitrogens with zero attached hydrogens (tertiary/aromatic N) is 1. The van der Waals surface area contributed by atoms with Crippen LogP contribution in [-0.2, 0) is 6.18 Å². The van der Waals surface area contributed by atoms with Crippen molar-refractivity contribution in [1.82, 2.24) is 4.57 Å². The molecule has 0 unspecified atom stereocenters. The van der Waals surface area contributed by atoms with Crippen molar-refractivity contribution in [1.29, 1.82) is 0 Å². The summed E-state index contributed by atoms with van der Waals surface area (Å²) in [6.07, 6.45) is -4.75. The maximum Gasteiger partial charge on any atom is 0.418 e. The van der Waals surface area contributed by atoms with Gasteiger partial charge in [-0.25, -0.2) is 9.18 Å². The minimum atomic E-state index is -4.75. The lowest BCUT2D eigenvalue weighted by Gasteiger charge is -2.17. The maximum atomic E-state index is 13.1. The molecule has 0 saturated carbocycles. The van der Waals surface area contributed by atoms with E-state index in [1.807, 2.05) is 0 Å². The highest BCUT2D eigenvalue weighted by atomic mass is 35.5. The van der Waals surface area contributed by atoms with Crippen LogP contribution < -0.4 is 12.4 Å². The Bertz CT molecular complexity index is 722. The fraction of sp³-hybridized carbons (Fsp3) is 0.214. The number of aromatic nitrogens is 1. The van der Waals surface area contributed by atoms with Gasteiger partial charge in [0.2, 0.25) is 0 Å². The topological polar surface area (TPSA) is 42.2 Å². The molecule has 0 aliphatic rings. The van der Waals surface area contributed by atoms with Crippen molar-refractivity contribution in [3.63, 3.8) is 0 Å². The fourth-order valence-corrected chi connectivity index (χ4v) is 2.28. The zero-order chi connectivity index (χ0) is 15.9. The summed E-state index contributed by atoms with van der Waals surface area (Å²) < 4.78 is 53.4. The van der Waals surface area contributed by atoms with E-state index in [1.54, 1.807) is 0 Å². The molecule has 1 aromatic carbocycles. The first kappa shape index (κ1) is 18.0. The number of carboxylic acid groups (broad SMARTS) is 1. The van der Waals surface area contributed by atoms with Gasteiger partial charge in [-0.05, 0) is 38.1 Å². The Kier molecular flexibility index (Phi) is 4.92. The second kappa shape index (κ2) is 6.00. The summed E-state index contributed by atoms with van der Waals surface area (Å²) in [5.41, 5.74) is -1.07. The number of alkyl halides is 3. The van der Waals surface area contributed by atoms with Gasteiger partial charge in [-0.3, -0.25) is 0 Å². The molecule has 0 bridgehead atoms. The lowest BCUT2D eigenvalue weighted by Crippen LogP contribution is -3.00. The summed E-state index contributed by atoms with van der Waals surface area (Å²) >= 11 is 0. The van der Waals surface area contributed by atoms with E-state index in [0.717, 1.165) is 16.7 Å². The van der Waals surface area contributed by atoms with Crippen LogP contribution in [0.5, 0.6) is 0 Å². The number of rotatable bonds is 2. The van der Waals surface area contributed by atoms with Crippen LogP contribution in [0.1, 0.15) is 27.3 Å². The van der Waals surface area contributed by atoms with Crippen LogP contribution in [0.2, 0.25) is 0 Å². The van der Waals surface area contributed by atoms with Gasteiger partial charge in [0.05, 0.1) is 16.8 Å². The van der Waals surface area contributed by atoms with E-state index in [0.29, 0.717) is 11.8 Å². The first-order valence-corrected chi connectivity index (χ1v) is 5.92. The molecule has 0 spiro atoms. The summed E-state index contributed by atoms with van der Waals surface area (Å²) in [6, 6.07) is 3.57. The SMILES string of the molecule is Cc1cc(C(=O)O)c(C)n1-c1ccc(F)cc1C(F)(F)F.[Cl-]. The minimum Gasteiger partial charge on any atom is -1.00 e. The van der Waals surface area contributed by atoms with Crippen LogP contribution in [0.3, 0.4) is 0 Å². The third-order valence-electron chi connectivity index (χ3n) is 3.17. The van der Waals surface area contributed by atoms with Crippen molar-refractivity contribution >= 4 is 5.97 Å². The van der Waals surface area contributed by atoms with Crippen molar-refractivity contribution in [2.45, 2.75) is 20.0 Å². The number of aromatic carboxylic acids is 1. The molecule has 2 aromatic rings. The van der Waals surface area contributed by atoms with Gasteiger partial charge >= 0.3 is 12.1 Å². The first-order valence-electron chi connectivity index (χ1n) is 5.92. The molecule has 22 heavy (non-hydrogen) atoms. The van der Waals surface area contributed by atoms with Crippen molar-refractivity contribution < 1.29 is 39.9 Å². The van der Waals surface area contributed by atoms with Gasteiger partial charge in [0, 0.05) is 11.4 Å². The molecule has 0 aliphatic heterocycles. The van der Waals surface area contributed by atoms with Crippen LogP contribution in [0.4, 0.5) is 17.6 Å². The summed E-state index contributed by atoms with van der Waals surface area (Å²) in [6.45, 7) is 2.89. The van der Waals surface area contributed by atoms with Gasteiger partial charge in [0.1, 0.15) is 5.82 Å². The van der Waals surface area contributed by atoms with E-state index in [2.05, 4.69) is 0 Å². The Balaban J connectivity index is 0.00000242. The predicted molar refractivity (Wildman–Crippen MR) is 67.2 cm³/mol. The Morgan fingerprint density at radius 3 is 2.23 bits per heavy atom. The number of aryl methyl sites for hydroxylation is 1. The molecule has 0 aliphatic carbocycles. The van der Waals surface area contributed by atoms with Crippen molar-refractivity contribution in [3.05, 3.63) is 52.6 Å². The fourth-order valence-electron chi connectivity index (χ4n) is 2.28. The molecule has 2 rings (SSSR count). The second-order valence-corrected chi connectivity index (χ2v) is 4.58. The molecular weight excluding hydrogens is 326 g/mol. The smallest absolute Gasteiger partial charge is 0.418 e. The van der Waals surface area contributed by atoms with Crippen LogP contribution in [0.15, 0.2) is 24.3 Å². The van der Waals surface area contributed by atoms with E-state index in [4.69, 9.17) is 5.11 Å². The number of halogens is 5. The Hall–Kier alpha value is -2.02. The van der Waals surface area contributed by atoms with E-state index >= 15 is 0 Å². The van der Waals surface area contributed by atoms with E-state index < -0.39 is 23.5 Å². The first-order chi connectivity index (χ1) is 9.62. The molecule has 8 heteroatoms. The molecule has 0 radical (unpaired) electrons. The summed E-state index contributed by atoms with van der Waals surface area (Å²) in [7, 11) is 0. The highest BCUT2D eigenvalue weighted by Gasteiger charge is 2.35. The zero-order valence-electron chi connectivity index (χ0n) is 11.5. The molecule has 1 heterocycles. The third kappa shape index (κ3) is 3.09. The van der Waals surface area contributed by atoms with Gasteiger partial charge < -0.3 is 22.1 Å². The van der Waals surface area contributed by atoms with Crippen LogP contribution in [0.25, 0.3) is 5.69 Å². The molecule has 0 atom stereocenters. The molecule has 0 saturated heterocycles. The van der Waals surface area contributed by atoms with E-state index in [9.17, 15) is 22.4 Å². The zero-order valence-corrected chi connectivity index (χ0v) is 12.3. The highest BCUT2D eigenvalue weighted by Crippen LogP contribution is 2.36. The van der Waals surface area contributed by atoms with E-state index in [-0.39, 0.29) is 29.4 Å². The maximum absolute atomic E-state index is 13.1. The number of carbonyl (C=O) groups is 1. The molecule has 3 nitrogen and oxygen atoms in total. The minimum absolute atomic E-state index is 0. The standard InChI is InChI=1S/C14H11F4NO2.ClH/c1-7-5-10(13(20)21)8(2)19(7)12-4-3-9(15)6-11(12)14(16,17)18;/h3-6H,1-2H3,(H,20,21);1H/p-1. The number of hydrogen-bond acceptors (Lipinski definition) is 1. The molecule has 1 N–H and O–H groups in total. The summed E-state index contributed by atoms with van der Waals surface area (Å²) in [4.78, 5) is 11.1. The van der Waals surface area contributed by atoms with Gasteiger partial charge in [-0.1, -0.05) is 0 Å². The van der Waals surface area contributed by atoms with Crippen LogP contribution in [-0.4, -0.2) is 15.6 Å². The Morgan fingerprint density at radius 1 is 1.18 bits per heavy atom. The van der Waals surface area contributed by atoms with Gasteiger partial charge in [-0.15, -0.1) is 0 Å². The van der Waals surface area contributed by atoms with E-state index in [1.165, 1.54) is 19.9 Å². The summed E-state index contributed by atoms with van der Waals surface area (Å²) in [5.74, 6) is -2.24. The predicted octanol–water partition coefficient (Wildman–Crippen LogP) is 0.954. The normalized spacial score (nSPS) is 11.2. The lowest BCUT2D eigenvalue weighted by atomic mass is 10.1. The number of carboxylic acids is 1. The molecular formula is C14H11ClF4NO2-. The number of benzene rings is 1. The molecule has 0 fully saturated rings. The van der Waals surface area contributed by atoms with Crippen LogP contribution in [0, 0.1) is 19.7 Å². The second-order valence-electron chi connectivity index (χ2n) is 4.58.